The molecule has 0 aromatic carbocycles. The maximum Gasteiger partial charge on any atom is 0.226 e. The van der Waals surface area contributed by atoms with Crippen LogP contribution >= 0.6 is 0 Å². The molecule has 0 amide bonds. The third-order valence-corrected chi connectivity index (χ3v) is 5.11. The van der Waals surface area contributed by atoms with E-state index in [4.69, 9.17) is 5.73 Å². The van der Waals surface area contributed by atoms with Gasteiger partial charge < -0.3 is 11.1 Å². The molecule has 142 valence electrons. The average Bonchev–Trinajstić information content (AvgIpc) is 3.00. The van der Waals surface area contributed by atoms with Gasteiger partial charge in [-0.15, -0.1) is 0 Å². The Morgan fingerprint density at radius 2 is 1.96 bits per heavy atom. The van der Waals surface area contributed by atoms with Crippen LogP contribution in [0.15, 0.2) is 18.5 Å². The highest BCUT2D eigenvalue weighted by Crippen LogP contribution is 2.24. The van der Waals surface area contributed by atoms with E-state index in [0.29, 0.717) is 23.5 Å². The summed E-state index contributed by atoms with van der Waals surface area (Å²) in [5, 5.41) is 8.54. The average molecular weight is 366 g/mol. The molecule has 8 nitrogen and oxygen atoms in total. The van der Waals surface area contributed by atoms with Crippen molar-refractivity contribution in [2.45, 2.75) is 39.3 Å². The monoisotopic (exact) mass is 366 g/mol. The van der Waals surface area contributed by atoms with Crippen molar-refractivity contribution >= 4 is 22.8 Å². The molecule has 3 N–H and O–H groups in total. The van der Waals surface area contributed by atoms with Crippen molar-refractivity contribution < 1.29 is 0 Å². The fraction of sp³-hybridized carbons (Fsp3) is 0.474. The maximum absolute atomic E-state index is 6.18. The number of fused-ring (bicyclic) bond motifs is 1. The van der Waals surface area contributed by atoms with Crippen LogP contribution in [-0.2, 0) is 13.6 Å². The summed E-state index contributed by atoms with van der Waals surface area (Å²) in [7, 11) is 1.95. The van der Waals surface area contributed by atoms with Crippen molar-refractivity contribution in [2.24, 2.45) is 7.05 Å². The topological polar surface area (TPSA) is 97.8 Å². The van der Waals surface area contributed by atoms with E-state index in [-0.39, 0.29) is 0 Å². The quantitative estimate of drug-likeness (QED) is 0.729. The molecule has 0 bridgehead atoms. The number of anilines is 2. The molecule has 0 spiro atoms. The minimum absolute atomic E-state index is 0.345. The van der Waals surface area contributed by atoms with Gasteiger partial charge in [0.25, 0.3) is 0 Å². The minimum atomic E-state index is 0.345. The summed E-state index contributed by atoms with van der Waals surface area (Å²) in [5.74, 6) is 1.06. The second kappa shape index (κ2) is 7.11. The molecule has 1 aliphatic heterocycles. The van der Waals surface area contributed by atoms with E-state index in [0.717, 1.165) is 49.1 Å². The first kappa shape index (κ1) is 17.7. The van der Waals surface area contributed by atoms with E-state index < -0.39 is 0 Å². The van der Waals surface area contributed by atoms with Gasteiger partial charge in [-0.05, 0) is 38.3 Å². The Balaban J connectivity index is 1.41. The smallest absolute Gasteiger partial charge is 0.226 e. The lowest BCUT2D eigenvalue weighted by Crippen LogP contribution is -2.39. The molecule has 8 heteroatoms. The van der Waals surface area contributed by atoms with Crippen LogP contribution in [0.25, 0.3) is 11.0 Å². The van der Waals surface area contributed by atoms with Gasteiger partial charge in [-0.1, -0.05) is 0 Å². The molecule has 27 heavy (non-hydrogen) atoms. The first-order chi connectivity index (χ1) is 13.0. The summed E-state index contributed by atoms with van der Waals surface area (Å²) in [6.45, 7) is 7.00. The van der Waals surface area contributed by atoms with Gasteiger partial charge in [0.1, 0.15) is 5.82 Å². The number of nitrogen functional groups attached to an aromatic ring is 1. The lowest BCUT2D eigenvalue weighted by atomic mass is 10.0. The molecule has 0 atom stereocenters. The van der Waals surface area contributed by atoms with Crippen LogP contribution in [0.2, 0.25) is 0 Å². The lowest BCUT2D eigenvalue weighted by molar-refractivity contribution is 0.211. The molecule has 0 unspecified atom stereocenters. The molecule has 3 aromatic rings. The van der Waals surface area contributed by atoms with Gasteiger partial charge in [0, 0.05) is 50.2 Å². The van der Waals surface area contributed by atoms with Crippen LogP contribution in [-0.4, -0.2) is 48.8 Å². The normalized spacial score (nSPS) is 16.1. The molecule has 4 heterocycles. The van der Waals surface area contributed by atoms with Gasteiger partial charge >= 0.3 is 0 Å². The Bertz CT molecular complexity index is 956. The van der Waals surface area contributed by atoms with Crippen LogP contribution in [0.3, 0.4) is 0 Å². The van der Waals surface area contributed by atoms with Gasteiger partial charge in [0.05, 0.1) is 11.6 Å². The first-order valence-corrected chi connectivity index (χ1v) is 9.36. The lowest BCUT2D eigenvalue weighted by Gasteiger charge is -2.32. The number of nitrogens with zero attached hydrogens (tertiary/aromatic N) is 6. The SMILES string of the molecule is Cc1cc(C)c2c(N)nc(NC3CCN(Cc4cnn(C)c4)CC3)nc2n1. The number of rotatable bonds is 4. The number of piperidine rings is 1. The number of hydrogen-bond acceptors (Lipinski definition) is 7. The Morgan fingerprint density at radius 1 is 1.19 bits per heavy atom. The molecule has 1 saturated heterocycles. The van der Waals surface area contributed by atoms with Crippen molar-refractivity contribution in [3.05, 3.63) is 35.3 Å². The van der Waals surface area contributed by atoms with Crippen LogP contribution in [0.5, 0.6) is 0 Å². The van der Waals surface area contributed by atoms with Gasteiger partial charge in [0.15, 0.2) is 5.65 Å². The van der Waals surface area contributed by atoms with Crippen LogP contribution < -0.4 is 11.1 Å². The summed E-state index contributed by atoms with van der Waals surface area (Å²) in [6, 6.07) is 2.35. The number of aromatic nitrogens is 5. The van der Waals surface area contributed by atoms with Crippen LogP contribution in [0, 0.1) is 13.8 Å². The largest absolute Gasteiger partial charge is 0.383 e. The number of hydrogen-bond donors (Lipinski definition) is 2. The maximum atomic E-state index is 6.18. The van der Waals surface area contributed by atoms with Crippen LogP contribution in [0.1, 0.15) is 29.7 Å². The minimum Gasteiger partial charge on any atom is -0.383 e. The van der Waals surface area contributed by atoms with E-state index in [9.17, 15) is 0 Å². The third kappa shape index (κ3) is 3.85. The second-order valence-electron chi connectivity index (χ2n) is 7.43. The zero-order chi connectivity index (χ0) is 19.0. The van der Waals surface area contributed by atoms with Gasteiger partial charge in [0.2, 0.25) is 5.95 Å². The Kier molecular flexibility index (Phi) is 4.65. The summed E-state index contributed by atoms with van der Waals surface area (Å²) in [4.78, 5) is 16.1. The Morgan fingerprint density at radius 3 is 2.67 bits per heavy atom. The highest BCUT2D eigenvalue weighted by Gasteiger charge is 2.21. The number of pyridine rings is 1. The van der Waals surface area contributed by atoms with Crippen molar-refractivity contribution in [3.63, 3.8) is 0 Å². The van der Waals surface area contributed by atoms with Crippen LogP contribution in [0.4, 0.5) is 11.8 Å². The highest BCUT2D eigenvalue weighted by atomic mass is 15.2. The molecule has 3 aromatic heterocycles. The molecule has 1 aliphatic rings. The summed E-state index contributed by atoms with van der Waals surface area (Å²) < 4.78 is 1.85. The van der Waals surface area contributed by atoms with Crippen molar-refractivity contribution in [2.75, 3.05) is 24.1 Å². The molecule has 0 saturated carbocycles. The molecule has 0 radical (unpaired) electrons. The van der Waals surface area contributed by atoms with E-state index >= 15 is 0 Å². The summed E-state index contributed by atoms with van der Waals surface area (Å²) in [6.07, 6.45) is 6.10. The number of nitrogens with two attached hydrogens (primary N) is 1. The summed E-state index contributed by atoms with van der Waals surface area (Å²) in [5.41, 5.74) is 10.1. The zero-order valence-electron chi connectivity index (χ0n) is 16.1. The van der Waals surface area contributed by atoms with E-state index in [2.05, 4.69) is 36.5 Å². The van der Waals surface area contributed by atoms with Gasteiger partial charge in [-0.3, -0.25) is 9.58 Å². The molecular formula is C19H26N8. The fourth-order valence-corrected chi connectivity index (χ4v) is 3.80. The number of nitrogens with one attached hydrogen (secondary N) is 1. The second-order valence-corrected chi connectivity index (χ2v) is 7.43. The molecule has 4 rings (SSSR count). The number of aryl methyl sites for hydroxylation is 3. The summed E-state index contributed by atoms with van der Waals surface area (Å²) >= 11 is 0. The van der Waals surface area contributed by atoms with E-state index in [1.54, 1.807) is 0 Å². The van der Waals surface area contributed by atoms with E-state index in [1.807, 2.05) is 37.8 Å². The van der Waals surface area contributed by atoms with Gasteiger partial charge in [-0.2, -0.15) is 15.1 Å². The van der Waals surface area contributed by atoms with E-state index in [1.165, 1.54) is 5.56 Å². The molecular weight excluding hydrogens is 340 g/mol. The van der Waals surface area contributed by atoms with Crippen molar-refractivity contribution in [1.82, 2.24) is 29.6 Å². The van der Waals surface area contributed by atoms with Crippen molar-refractivity contribution in [1.29, 1.82) is 0 Å². The van der Waals surface area contributed by atoms with Gasteiger partial charge in [-0.25, -0.2) is 4.98 Å². The standard InChI is InChI=1S/C19H26N8/c1-12-8-13(2)22-18-16(12)17(20)24-19(25-18)23-15-4-6-27(7-5-15)11-14-9-21-26(3)10-14/h8-10,15H,4-7,11H2,1-3H3,(H3,20,22,23,24,25). The van der Waals surface area contributed by atoms with Crippen molar-refractivity contribution in [3.8, 4) is 0 Å². The predicted molar refractivity (Wildman–Crippen MR) is 106 cm³/mol. The predicted octanol–water partition coefficient (Wildman–Crippen LogP) is 2.03. The molecule has 1 fully saturated rings. The fourth-order valence-electron chi connectivity index (χ4n) is 3.80. The Hall–Kier alpha value is -2.74. The zero-order valence-corrected chi connectivity index (χ0v) is 16.1. The Labute approximate surface area is 158 Å². The number of likely N-dealkylation sites (tertiary alicyclic amines) is 1. The molecule has 0 aliphatic carbocycles. The third-order valence-electron chi connectivity index (χ3n) is 5.11. The first-order valence-electron chi connectivity index (χ1n) is 9.36. The highest BCUT2D eigenvalue weighted by molar-refractivity contribution is 5.89.